The number of nitrogens with zero attached hydrogens (tertiary/aromatic N) is 2. The summed E-state index contributed by atoms with van der Waals surface area (Å²) in [6, 6.07) is 2.21. The number of rotatable bonds is 7. The van der Waals surface area contributed by atoms with Crippen molar-refractivity contribution in [1.29, 1.82) is 0 Å². The minimum absolute atomic E-state index is 0.0296. The Morgan fingerprint density at radius 2 is 1.96 bits per heavy atom. The third-order valence-electron chi connectivity index (χ3n) is 6.40. The van der Waals surface area contributed by atoms with Crippen LogP contribution in [0.3, 0.4) is 0 Å². The van der Waals surface area contributed by atoms with Crippen LogP contribution in [0.5, 0.6) is 0 Å². The molecule has 1 saturated heterocycles. The van der Waals surface area contributed by atoms with E-state index in [-0.39, 0.29) is 24.5 Å². The van der Waals surface area contributed by atoms with Crippen molar-refractivity contribution in [3.63, 3.8) is 0 Å². The van der Waals surface area contributed by atoms with Gasteiger partial charge >= 0.3 is 0 Å². The van der Waals surface area contributed by atoms with E-state index in [1.165, 1.54) is 12.8 Å². The molecular weight excluding hydrogens is 330 g/mol. The van der Waals surface area contributed by atoms with E-state index in [0.717, 1.165) is 50.5 Å². The molecule has 0 spiro atoms. The van der Waals surface area contributed by atoms with Crippen LogP contribution in [0.15, 0.2) is 12.3 Å². The highest BCUT2D eigenvalue weighted by Gasteiger charge is 2.42. The Morgan fingerprint density at radius 1 is 1.15 bits per heavy atom. The molecule has 0 aromatic carbocycles. The molecule has 4 atom stereocenters. The van der Waals surface area contributed by atoms with Crippen molar-refractivity contribution < 1.29 is 14.9 Å². The van der Waals surface area contributed by atoms with Gasteiger partial charge in [0.05, 0.1) is 6.10 Å². The molecule has 0 radical (unpaired) electrons. The topological polar surface area (TPSA) is 87.5 Å². The summed E-state index contributed by atoms with van der Waals surface area (Å²) in [6.45, 7) is 2.70. The zero-order valence-electron chi connectivity index (χ0n) is 15.4. The van der Waals surface area contributed by atoms with E-state index in [0.29, 0.717) is 18.3 Å². The maximum Gasteiger partial charge on any atom is 0.131 e. The van der Waals surface area contributed by atoms with Gasteiger partial charge in [-0.3, -0.25) is 0 Å². The van der Waals surface area contributed by atoms with Gasteiger partial charge < -0.3 is 20.3 Å². The van der Waals surface area contributed by atoms with E-state index in [1.54, 1.807) is 0 Å². The number of hydrogen-bond donors (Lipinski definition) is 3. The summed E-state index contributed by atoms with van der Waals surface area (Å²) in [5, 5.41) is 24.0. The number of nitrogens with one attached hydrogen (secondary N) is 1. The summed E-state index contributed by atoms with van der Waals surface area (Å²) >= 11 is 0. The second-order valence-electron chi connectivity index (χ2n) is 8.27. The van der Waals surface area contributed by atoms with Crippen molar-refractivity contribution in [2.45, 2.75) is 56.6 Å². The molecule has 2 heterocycles. The van der Waals surface area contributed by atoms with Crippen molar-refractivity contribution in [2.75, 3.05) is 26.4 Å². The standard InChI is InChI=1S/C20H31N3O3/c24-12-17-16(9-15-3-6-21-20(23-15)14-1-2-14)18(10-19(17)25)22-11-13-4-7-26-8-5-13/h3,6,13-14,16-19,22,24-25H,1-2,4-5,7-12H2. The first-order valence-corrected chi connectivity index (χ1v) is 10.2. The summed E-state index contributed by atoms with van der Waals surface area (Å²) in [6.07, 6.45) is 7.51. The smallest absolute Gasteiger partial charge is 0.131 e. The zero-order valence-corrected chi connectivity index (χ0v) is 15.4. The number of aliphatic hydroxyl groups is 2. The summed E-state index contributed by atoms with van der Waals surface area (Å²) in [4.78, 5) is 9.17. The number of ether oxygens (including phenoxy) is 1. The van der Waals surface area contributed by atoms with Gasteiger partial charge in [0, 0.05) is 49.6 Å². The van der Waals surface area contributed by atoms with Crippen LogP contribution < -0.4 is 5.32 Å². The van der Waals surface area contributed by atoms with E-state index < -0.39 is 6.10 Å². The molecule has 2 saturated carbocycles. The highest BCUT2D eigenvalue weighted by atomic mass is 16.5. The Balaban J connectivity index is 1.41. The Labute approximate surface area is 155 Å². The summed E-state index contributed by atoms with van der Waals surface area (Å²) in [5.74, 6) is 2.28. The molecule has 1 aromatic rings. The van der Waals surface area contributed by atoms with Crippen LogP contribution in [0.4, 0.5) is 0 Å². The summed E-state index contributed by atoms with van der Waals surface area (Å²) in [7, 11) is 0. The van der Waals surface area contributed by atoms with Gasteiger partial charge in [0.1, 0.15) is 5.82 Å². The first-order valence-electron chi connectivity index (χ1n) is 10.2. The molecule has 3 N–H and O–H groups in total. The third-order valence-corrected chi connectivity index (χ3v) is 6.40. The van der Waals surface area contributed by atoms with Gasteiger partial charge in [0.15, 0.2) is 0 Å². The fourth-order valence-corrected chi connectivity index (χ4v) is 4.55. The quantitative estimate of drug-likeness (QED) is 0.678. The third kappa shape index (κ3) is 4.25. The van der Waals surface area contributed by atoms with Gasteiger partial charge in [-0.1, -0.05) is 0 Å². The van der Waals surface area contributed by atoms with Crippen LogP contribution in [-0.2, 0) is 11.2 Å². The first-order chi connectivity index (χ1) is 12.7. The van der Waals surface area contributed by atoms with Gasteiger partial charge in [0.2, 0.25) is 0 Å². The Bertz CT molecular complexity index is 589. The predicted molar refractivity (Wildman–Crippen MR) is 97.7 cm³/mol. The molecule has 1 aromatic heterocycles. The Hall–Kier alpha value is -1.08. The summed E-state index contributed by atoms with van der Waals surface area (Å²) < 4.78 is 5.44. The lowest BCUT2D eigenvalue weighted by atomic mass is 9.88. The van der Waals surface area contributed by atoms with Crippen LogP contribution in [0.1, 0.15) is 49.5 Å². The normalized spacial score (nSPS) is 32.8. The molecule has 3 fully saturated rings. The minimum atomic E-state index is -0.443. The van der Waals surface area contributed by atoms with Crippen molar-refractivity contribution >= 4 is 0 Å². The Kier molecular flexibility index (Phi) is 5.84. The van der Waals surface area contributed by atoms with Crippen molar-refractivity contribution in [2.24, 2.45) is 17.8 Å². The second-order valence-corrected chi connectivity index (χ2v) is 8.27. The average Bonchev–Trinajstić information content (AvgIpc) is 3.47. The number of hydrogen-bond acceptors (Lipinski definition) is 6. The van der Waals surface area contributed by atoms with E-state index >= 15 is 0 Å². The SMILES string of the molecule is OCC1C(O)CC(NCC2CCOCC2)C1Cc1ccnc(C2CC2)n1. The van der Waals surface area contributed by atoms with Gasteiger partial charge in [-0.2, -0.15) is 0 Å². The highest BCUT2D eigenvalue weighted by Crippen LogP contribution is 2.39. The maximum absolute atomic E-state index is 10.4. The van der Waals surface area contributed by atoms with Crippen LogP contribution in [0.25, 0.3) is 0 Å². The molecule has 6 nitrogen and oxygen atoms in total. The van der Waals surface area contributed by atoms with Crippen LogP contribution in [0.2, 0.25) is 0 Å². The maximum atomic E-state index is 10.4. The fraction of sp³-hybridized carbons (Fsp3) is 0.800. The van der Waals surface area contributed by atoms with Crippen LogP contribution in [-0.4, -0.2) is 58.7 Å². The lowest BCUT2D eigenvalue weighted by Crippen LogP contribution is -2.40. The second kappa shape index (κ2) is 8.30. The zero-order chi connectivity index (χ0) is 17.9. The molecule has 0 bridgehead atoms. The van der Waals surface area contributed by atoms with Crippen molar-refractivity contribution in [3.05, 3.63) is 23.8 Å². The molecule has 144 valence electrons. The van der Waals surface area contributed by atoms with Gasteiger partial charge in [-0.15, -0.1) is 0 Å². The van der Waals surface area contributed by atoms with E-state index in [2.05, 4.69) is 10.3 Å². The molecule has 6 heteroatoms. The number of aliphatic hydroxyl groups excluding tert-OH is 2. The first kappa shape index (κ1) is 18.3. The Morgan fingerprint density at radius 3 is 2.69 bits per heavy atom. The molecule has 1 aliphatic heterocycles. The van der Waals surface area contributed by atoms with E-state index in [4.69, 9.17) is 9.72 Å². The molecule has 4 rings (SSSR count). The predicted octanol–water partition coefficient (Wildman–Crippen LogP) is 1.27. The fourth-order valence-electron chi connectivity index (χ4n) is 4.55. The van der Waals surface area contributed by atoms with E-state index in [9.17, 15) is 10.2 Å². The molecule has 3 aliphatic rings. The van der Waals surface area contributed by atoms with Gasteiger partial charge in [-0.25, -0.2) is 9.97 Å². The lowest BCUT2D eigenvalue weighted by molar-refractivity contribution is 0.0642. The lowest BCUT2D eigenvalue weighted by Gasteiger charge is -2.28. The largest absolute Gasteiger partial charge is 0.396 e. The highest BCUT2D eigenvalue weighted by molar-refractivity contribution is 5.12. The molecule has 2 aliphatic carbocycles. The van der Waals surface area contributed by atoms with Crippen LogP contribution >= 0.6 is 0 Å². The van der Waals surface area contributed by atoms with Gasteiger partial charge in [-0.05, 0) is 63.0 Å². The average molecular weight is 361 g/mol. The molecule has 26 heavy (non-hydrogen) atoms. The molecule has 4 unspecified atom stereocenters. The number of aromatic nitrogens is 2. The monoisotopic (exact) mass is 361 g/mol. The molecule has 0 amide bonds. The van der Waals surface area contributed by atoms with E-state index in [1.807, 2.05) is 12.3 Å². The van der Waals surface area contributed by atoms with Crippen molar-refractivity contribution in [3.8, 4) is 0 Å². The van der Waals surface area contributed by atoms with Crippen molar-refractivity contribution in [1.82, 2.24) is 15.3 Å². The minimum Gasteiger partial charge on any atom is -0.396 e. The van der Waals surface area contributed by atoms with Gasteiger partial charge in [0.25, 0.3) is 0 Å². The van der Waals surface area contributed by atoms with Crippen LogP contribution in [0, 0.1) is 17.8 Å². The molecular formula is C20H31N3O3. The summed E-state index contributed by atoms with van der Waals surface area (Å²) in [5.41, 5.74) is 1.04.